The summed E-state index contributed by atoms with van der Waals surface area (Å²) >= 11 is 0. The van der Waals surface area contributed by atoms with Gasteiger partial charge in [-0.15, -0.1) is 0 Å². The Kier molecular flexibility index (Phi) is 7.21. The number of hydrogen-bond donors (Lipinski definition) is 3. The zero-order valence-electron chi connectivity index (χ0n) is 12.6. The first-order valence-electron chi connectivity index (χ1n) is 7.12. The fraction of sp³-hybridized carbons (Fsp3) is 0.533. The summed E-state index contributed by atoms with van der Waals surface area (Å²) in [5, 5.41) is 14.2. The molecule has 0 bridgehead atoms. The van der Waals surface area contributed by atoms with Gasteiger partial charge < -0.3 is 15.7 Å². The van der Waals surface area contributed by atoms with Crippen LogP contribution < -0.4 is 10.6 Å². The molecule has 3 N–H and O–H groups in total. The van der Waals surface area contributed by atoms with Crippen LogP contribution in [0.4, 0.5) is 4.79 Å². The number of nitrogens with one attached hydrogen (secondary N) is 2. The first kappa shape index (κ1) is 16.9. The number of urea groups is 1. The van der Waals surface area contributed by atoms with E-state index in [2.05, 4.69) is 15.6 Å². The fourth-order valence-electron chi connectivity index (χ4n) is 1.88. The van der Waals surface area contributed by atoms with E-state index >= 15 is 0 Å². The maximum atomic E-state index is 11.6. The molecule has 0 aliphatic heterocycles. The van der Waals surface area contributed by atoms with Gasteiger partial charge >= 0.3 is 12.0 Å². The second-order valence-electron chi connectivity index (χ2n) is 5.24. The van der Waals surface area contributed by atoms with E-state index < -0.39 is 5.97 Å². The van der Waals surface area contributed by atoms with Crippen molar-refractivity contribution in [1.29, 1.82) is 0 Å². The van der Waals surface area contributed by atoms with Gasteiger partial charge in [0.15, 0.2) is 0 Å². The van der Waals surface area contributed by atoms with Crippen molar-refractivity contribution < 1.29 is 14.7 Å². The Morgan fingerprint density at radius 1 is 1.33 bits per heavy atom. The van der Waals surface area contributed by atoms with E-state index in [0.29, 0.717) is 19.5 Å². The van der Waals surface area contributed by atoms with Crippen LogP contribution >= 0.6 is 0 Å². The van der Waals surface area contributed by atoms with E-state index in [1.54, 1.807) is 12.4 Å². The Morgan fingerprint density at radius 3 is 2.76 bits per heavy atom. The first-order valence-corrected chi connectivity index (χ1v) is 7.12. The fourth-order valence-corrected chi connectivity index (χ4v) is 1.88. The van der Waals surface area contributed by atoms with Crippen molar-refractivity contribution in [2.24, 2.45) is 5.92 Å². The number of rotatable bonds is 8. The molecule has 1 aromatic rings. The minimum Gasteiger partial charge on any atom is -0.481 e. The van der Waals surface area contributed by atoms with Gasteiger partial charge in [-0.25, -0.2) is 4.79 Å². The molecule has 2 amide bonds. The van der Waals surface area contributed by atoms with Crippen molar-refractivity contribution in [1.82, 2.24) is 15.6 Å². The van der Waals surface area contributed by atoms with Gasteiger partial charge in [0.1, 0.15) is 0 Å². The summed E-state index contributed by atoms with van der Waals surface area (Å²) in [4.78, 5) is 26.1. The summed E-state index contributed by atoms with van der Waals surface area (Å²) in [5.41, 5.74) is 2.08. The molecule has 6 heteroatoms. The molecule has 1 heterocycles. The molecular formula is C15H23N3O3. The highest BCUT2D eigenvalue weighted by atomic mass is 16.4. The van der Waals surface area contributed by atoms with Crippen molar-refractivity contribution in [3.8, 4) is 0 Å². The second-order valence-corrected chi connectivity index (χ2v) is 5.24. The lowest BCUT2D eigenvalue weighted by molar-refractivity contribution is -0.137. The summed E-state index contributed by atoms with van der Waals surface area (Å²) in [5.74, 6) is -0.496. The molecule has 0 aliphatic carbocycles. The normalized spacial score (nSPS) is 11.7. The van der Waals surface area contributed by atoms with E-state index in [-0.39, 0.29) is 18.4 Å². The van der Waals surface area contributed by atoms with Crippen LogP contribution in [0.1, 0.15) is 37.3 Å². The third-order valence-electron chi connectivity index (χ3n) is 3.35. The monoisotopic (exact) mass is 293 g/mol. The topological polar surface area (TPSA) is 91.3 Å². The van der Waals surface area contributed by atoms with Crippen LogP contribution in [-0.2, 0) is 11.3 Å². The van der Waals surface area contributed by atoms with Gasteiger partial charge in [-0.1, -0.05) is 6.92 Å². The number of pyridine rings is 1. The molecule has 1 atom stereocenters. The molecule has 0 radical (unpaired) electrons. The largest absolute Gasteiger partial charge is 0.481 e. The maximum Gasteiger partial charge on any atom is 0.315 e. The summed E-state index contributed by atoms with van der Waals surface area (Å²) in [7, 11) is 0. The number of amides is 2. The number of carboxylic acid groups (broad SMARTS) is 1. The first-order chi connectivity index (χ1) is 9.99. The number of carboxylic acids is 1. The van der Waals surface area contributed by atoms with Crippen molar-refractivity contribution >= 4 is 12.0 Å². The molecule has 1 rings (SSSR count). The van der Waals surface area contributed by atoms with Gasteiger partial charge in [-0.3, -0.25) is 9.78 Å². The summed E-state index contributed by atoms with van der Waals surface area (Å²) in [6.45, 7) is 4.95. The molecule has 116 valence electrons. The van der Waals surface area contributed by atoms with E-state index in [4.69, 9.17) is 5.11 Å². The van der Waals surface area contributed by atoms with Gasteiger partial charge in [0.05, 0.1) is 0 Å². The SMILES string of the molecule is Cc1cnccc1CNC(=O)NCCC(C)CCC(=O)O. The zero-order valence-corrected chi connectivity index (χ0v) is 12.6. The van der Waals surface area contributed by atoms with E-state index in [9.17, 15) is 9.59 Å². The Hall–Kier alpha value is -2.11. The molecule has 0 aromatic carbocycles. The molecule has 21 heavy (non-hydrogen) atoms. The van der Waals surface area contributed by atoms with Crippen LogP contribution in [0.5, 0.6) is 0 Å². The van der Waals surface area contributed by atoms with Crippen LogP contribution in [0.3, 0.4) is 0 Å². The minimum absolute atomic E-state index is 0.175. The number of hydrogen-bond acceptors (Lipinski definition) is 3. The summed E-state index contributed by atoms with van der Waals surface area (Å²) in [6, 6.07) is 1.67. The van der Waals surface area contributed by atoms with Gasteiger partial charge in [0.2, 0.25) is 0 Å². The zero-order chi connectivity index (χ0) is 15.7. The average Bonchev–Trinajstić information content (AvgIpc) is 2.44. The number of aromatic nitrogens is 1. The Balaban J connectivity index is 2.17. The number of aliphatic carboxylic acids is 1. The predicted molar refractivity (Wildman–Crippen MR) is 79.9 cm³/mol. The quantitative estimate of drug-likeness (QED) is 0.684. The number of carbonyl (C=O) groups is 2. The van der Waals surface area contributed by atoms with E-state index in [0.717, 1.165) is 17.5 Å². The summed E-state index contributed by atoms with van der Waals surface area (Å²) < 4.78 is 0. The summed E-state index contributed by atoms with van der Waals surface area (Å²) in [6.07, 6.45) is 5.05. The van der Waals surface area contributed by atoms with Gasteiger partial charge in [0, 0.05) is 31.9 Å². The smallest absolute Gasteiger partial charge is 0.315 e. The van der Waals surface area contributed by atoms with E-state index in [1.165, 1.54) is 0 Å². The number of aryl methyl sites for hydroxylation is 1. The van der Waals surface area contributed by atoms with Crippen molar-refractivity contribution in [3.05, 3.63) is 29.6 Å². The van der Waals surface area contributed by atoms with Gasteiger partial charge in [-0.05, 0) is 42.9 Å². The highest BCUT2D eigenvalue weighted by Gasteiger charge is 2.07. The van der Waals surface area contributed by atoms with Crippen LogP contribution in [0.2, 0.25) is 0 Å². The molecule has 0 saturated heterocycles. The van der Waals surface area contributed by atoms with Gasteiger partial charge in [0.25, 0.3) is 0 Å². The van der Waals surface area contributed by atoms with E-state index in [1.807, 2.05) is 19.9 Å². The lowest BCUT2D eigenvalue weighted by atomic mass is 10.0. The van der Waals surface area contributed by atoms with Crippen molar-refractivity contribution in [2.75, 3.05) is 6.54 Å². The minimum atomic E-state index is -0.778. The molecular weight excluding hydrogens is 270 g/mol. The van der Waals surface area contributed by atoms with Crippen LogP contribution in [-0.4, -0.2) is 28.6 Å². The second kappa shape index (κ2) is 8.94. The molecule has 1 aromatic heterocycles. The highest BCUT2D eigenvalue weighted by molar-refractivity contribution is 5.73. The standard InChI is InChI=1S/C15H23N3O3/c1-11(3-4-14(19)20)5-8-17-15(21)18-10-13-6-7-16-9-12(13)2/h6-7,9,11H,3-5,8,10H2,1-2H3,(H,19,20)(H2,17,18,21). The van der Waals surface area contributed by atoms with Crippen LogP contribution in [0.15, 0.2) is 18.5 Å². The Bertz CT molecular complexity index is 477. The molecule has 1 unspecified atom stereocenters. The molecule has 6 nitrogen and oxygen atoms in total. The van der Waals surface area contributed by atoms with Crippen LogP contribution in [0, 0.1) is 12.8 Å². The molecule has 0 spiro atoms. The predicted octanol–water partition coefficient (Wildman–Crippen LogP) is 2.08. The Labute approximate surface area is 125 Å². The lowest BCUT2D eigenvalue weighted by Crippen LogP contribution is -2.36. The third kappa shape index (κ3) is 7.29. The lowest BCUT2D eigenvalue weighted by Gasteiger charge is -2.12. The Morgan fingerprint density at radius 2 is 2.10 bits per heavy atom. The van der Waals surface area contributed by atoms with Crippen molar-refractivity contribution in [2.45, 2.75) is 39.7 Å². The molecule has 0 aliphatic rings. The van der Waals surface area contributed by atoms with Gasteiger partial charge in [-0.2, -0.15) is 0 Å². The maximum absolute atomic E-state index is 11.6. The molecule has 0 fully saturated rings. The van der Waals surface area contributed by atoms with Crippen molar-refractivity contribution in [3.63, 3.8) is 0 Å². The molecule has 0 saturated carbocycles. The number of nitrogens with zero attached hydrogens (tertiary/aromatic N) is 1. The van der Waals surface area contributed by atoms with Crippen LogP contribution in [0.25, 0.3) is 0 Å². The third-order valence-corrected chi connectivity index (χ3v) is 3.35. The number of carbonyl (C=O) groups excluding carboxylic acids is 1. The average molecular weight is 293 g/mol. The highest BCUT2D eigenvalue weighted by Crippen LogP contribution is 2.09.